The third kappa shape index (κ3) is 6.18. The average Bonchev–Trinajstić information content (AvgIpc) is 3.11. The summed E-state index contributed by atoms with van der Waals surface area (Å²) < 4.78 is 8.06. The second-order valence-corrected chi connectivity index (χ2v) is 11.5. The third-order valence-electron chi connectivity index (χ3n) is 4.92. The first-order chi connectivity index (χ1) is 16.2. The number of amidine groups is 1. The van der Waals surface area contributed by atoms with Crippen molar-refractivity contribution in [3.8, 4) is 5.75 Å². The second-order valence-electron chi connectivity index (χ2n) is 7.60. The van der Waals surface area contributed by atoms with Crippen molar-refractivity contribution in [3.05, 3.63) is 93.8 Å². The van der Waals surface area contributed by atoms with E-state index in [9.17, 15) is 4.79 Å². The highest BCUT2D eigenvalue weighted by atomic mass is 127. The zero-order valence-electron chi connectivity index (χ0n) is 18.1. The molecule has 3 aromatic rings. The van der Waals surface area contributed by atoms with Crippen molar-refractivity contribution in [2.24, 2.45) is 4.99 Å². The zero-order valence-corrected chi connectivity index (χ0v) is 24.2. The number of hydrogen-bond donors (Lipinski definition) is 1. The molecule has 4 rings (SSSR count). The Morgan fingerprint density at radius 3 is 2.32 bits per heavy atom. The predicted octanol–water partition coefficient (Wildman–Crippen LogP) is 8.45. The number of amides is 1. The van der Waals surface area contributed by atoms with Crippen LogP contribution in [0.2, 0.25) is 10.0 Å². The van der Waals surface area contributed by atoms with Crippen molar-refractivity contribution < 1.29 is 9.53 Å². The first kappa shape index (κ1) is 25.6. The molecule has 1 aliphatic rings. The molecule has 0 unspecified atom stereocenters. The van der Waals surface area contributed by atoms with Gasteiger partial charge in [0.05, 0.1) is 20.6 Å². The Morgan fingerprint density at radius 1 is 1.09 bits per heavy atom. The summed E-state index contributed by atoms with van der Waals surface area (Å²) in [5, 5.41) is 4.09. The average molecular weight is 688 g/mol. The van der Waals surface area contributed by atoms with Crippen molar-refractivity contribution in [1.82, 2.24) is 5.32 Å². The fourth-order valence-electron chi connectivity index (χ4n) is 3.27. The lowest BCUT2D eigenvalue weighted by Gasteiger charge is -2.11. The van der Waals surface area contributed by atoms with Gasteiger partial charge in [-0.1, -0.05) is 51.3 Å². The van der Waals surface area contributed by atoms with Gasteiger partial charge in [0.2, 0.25) is 0 Å². The SMILES string of the molecule is Cc1cc(N=C2NC(=O)/C(=C/c3cc(Cl)c(OCc4ccc(I)cc4)c(Cl)c3)S2)cc(C)c1Br. The fourth-order valence-corrected chi connectivity index (χ4v) is 5.32. The number of halogens is 4. The second kappa shape index (κ2) is 11.0. The van der Waals surface area contributed by atoms with Crippen molar-refractivity contribution >= 4 is 96.3 Å². The summed E-state index contributed by atoms with van der Waals surface area (Å²) in [6.45, 7) is 4.37. The number of hydrogen-bond acceptors (Lipinski definition) is 4. The molecule has 0 radical (unpaired) electrons. The number of aliphatic imine (C=N–C) groups is 1. The lowest BCUT2D eigenvalue weighted by molar-refractivity contribution is -0.115. The van der Waals surface area contributed by atoms with Crippen LogP contribution in [0.1, 0.15) is 22.3 Å². The molecule has 0 atom stereocenters. The van der Waals surface area contributed by atoms with E-state index in [4.69, 9.17) is 27.9 Å². The summed E-state index contributed by atoms with van der Waals surface area (Å²) in [7, 11) is 0. The van der Waals surface area contributed by atoms with Gasteiger partial charge in [0.15, 0.2) is 10.9 Å². The molecule has 0 aliphatic carbocycles. The molecule has 1 fully saturated rings. The quantitative estimate of drug-likeness (QED) is 0.216. The number of nitrogens with one attached hydrogen (secondary N) is 1. The topological polar surface area (TPSA) is 50.7 Å². The van der Waals surface area contributed by atoms with E-state index in [0.29, 0.717) is 38.0 Å². The molecule has 3 aromatic carbocycles. The minimum Gasteiger partial charge on any atom is -0.486 e. The van der Waals surface area contributed by atoms with E-state index in [1.807, 2.05) is 50.2 Å². The van der Waals surface area contributed by atoms with Crippen LogP contribution in [0.3, 0.4) is 0 Å². The Balaban J connectivity index is 1.51. The van der Waals surface area contributed by atoms with E-state index >= 15 is 0 Å². The smallest absolute Gasteiger partial charge is 0.264 e. The van der Waals surface area contributed by atoms with Gasteiger partial charge in [-0.3, -0.25) is 4.79 Å². The van der Waals surface area contributed by atoms with Crippen LogP contribution in [0.5, 0.6) is 5.75 Å². The maximum Gasteiger partial charge on any atom is 0.264 e. The van der Waals surface area contributed by atoms with Gasteiger partial charge in [-0.25, -0.2) is 4.99 Å². The lowest BCUT2D eigenvalue weighted by Crippen LogP contribution is -2.19. The normalized spacial score (nSPS) is 15.8. The number of nitrogens with zero attached hydrogens (tertiary/aromatic N) is 1. The van der Waals surface area contributed by atoms with Gasteiger partial charge in [-0.15, -0.1) is 0 Å². The number of ether oxygens (including phenoxy) is 1. The standard InChI is InChI=1S/C25H18BrCl2IN2O2S/c1-13-7-18(8-14(2)22(13)26)30-25-31-24(32)21(34-25)11-16-9-19(27)23(20(28)10-16)33-12-15-3-5-17(29)6-4-15/h3-11H,12H2,1-2H3,(H,30,31,32)/b21-11-. The number of carbonyl (C=O) groups is 1. The van der Waals surface area contributed by atoms with Crippen LogP contribution in [-0.2, 0) is 11.4 Å². The molecule has 0 saturated carbocycles. The molecule has 9 heteroatoms. The summed E-state index contributed by atoms with van der Waals surface area (Å²) in [5.74, 6) is 0.191. The van der Waals surface area contributed by atoms with Gasteiger partial charge in [-0.2, -0.15) is 0 Å². The Bertz CT molecular complexity index is 1300. The molecule has 0 spiro atoms. The first-order valence-corrected chi connectivity index (χ1v) is 13.6. The summed E-state index contributed by atoms with van der Waals surface area (Å²) in [6, 6.07) is 15.4. The van der Waals surface area contributed by atoms with Gasteiger partial charge >= 0.3 is 0 Å². The van der Waals surface area contributed by atoms with Gasteiger partial charge in [-0.05, 0) is 113 Å². The minimum absolute atomic E-state index is 0.222. The number of benzene rings is 3. The molecule has 1 aliphatic heterocycles. The number of rotatable bonds is 5. The van der Waals surface area contributed by atoms with Gasteiger partial charge < -0.3 is 10.1 Å². The first-order valence-electron chi connectivity index (χ1n) is 10.1. The number of carbonyl (C=O) groups excluding carboxylic acids is 1. The maximum atomic E-state index is 12.5. The molecule has 1 N–H and O–H groups in total. The van der Waals surface area contributed by atoms with E-state index in [1.54, 1.807) is 18.2 Å². The van der Waals surface area contributed by atoms with E-state index in [1.165, 1.54) is 11.8 Å². The zero-order chi connectivity index (χ0) is 24.4. The highest BCUT2D eigenvalue weighted by Crippen LogP contribution is 2.37. The van der Waals surface area contributed by atoms with Crippen LogP contribution in [0.25, 0.3) is 6.08 Å². The van der Waals surface area contributed by atoms with Gasteiger partial charge in [0, 0.05) is 8.04 Å². The summed E-state index contributed by atoms with van der Waals surface area (Å²) in [6.07, 6.45) is 1.74. The third-order valence-corrected chi connectivity index (χ3v) is 8.36. The largest absolute Gasteiger partial charge is 0.486 e. The molecule has 1 saturated heterocycles. The van der Waals surface area contributed by atoms with Crippen LogP contribution in [0, 0.1) is 17.4 Å². The fraction of sp³-hybridized carbons (Fsp3) is 0.120. The minimum atomic E-state index is -0.222. The number of thioether (sulfide) groups is 1. The molecular formula is C25H18BrCl2IN2O2S. The Kier molecular flexibility index (Phi) is 8.30. The Labute approximate surface area is 234 Å². The Morgan fingerprint density at radius 2 is 1.71 bits per heavy atom. The molecular weight excluding hydrogens is 670 g/mol. The van der Waals surface area contributed by atoms with E-state index in [2.05, 4.69) is 48.8 Å². The van der Waals surface area contributed by atoms with Crippen molar-refractivity contribution in [2.75, 3.05) is 0 Å². The molecule has 34 heavy (non-hydrogen) atoms. The molecule has 1 heterocycles. The van der Waals surface area contributed by atoms with Crippen LogP contribution >= 0.6 is 73.5 Å². The van der Waals surface area contributed by atoms with Gasteiger partial charge in [0.25, 0.3) is 5.91 Å². The molecule has 4 nitrogen and oxygen atoms in total. The molecule has 0 bridgehead atoms. The Hall–Kier alpha value is -1.52. The molecule has 0 aromatic heterocycles. The number of aryl methyl sites for hydroxylation is 2. The molecule has 174 valence electrons. The summed E-state index contributed by atoms with van der Waals surface area (Å²) in [5.41, 5.74) is 4.66. The van der Waals surface area contributed by atoms with Crippen LogP contribution in [-0.4, -0.2) is 11.1 Å². The van der Waals surface area contributed by atoms with E-state index in [0.717, 1.165) is 30.4 Å². The van der Waals surface area contributed by atoms with E-state index < -0.39 is 0 Å². The lowest BCUT2D eigenvalue weighted by atomic mass is 10.1. The molecule has 1 amide bonds. The highest BCUT2D eigenvalue weighted by molar-refractivity contribution is 14.1. The van der Waals surface area contributed by atoms with Crippen molar-refractivity contribution in [2.45, 2.75) is 20.5 Å². The van der Waals surface area contributed by atoms with Crippen molar-refractivity contribution in [1.29, 1.82) is 0 Å². The summed E-state index contributed by atoms with van der Waals surface area (Å²) in [4.78, 5) is 17.6. The van der Waals surface area contributed by atoms with Gasteiger partial charge in [0.1, 0.15) is 6.61 Å². The monoisotopic (exact) mass is 686 g/mol. The van der Waals surface area contributed by atoms with Crippen LogP contribution < -0.4 is 10.1 Å². The van der Waals surface area contributed by atoms with Crippen LogP contribution in [0.4, 0.5) is 5.69 Å². The maximum absolute atomic E-state index is 12.5. The van der Waals surface area contributed by atoms with Crippen LogP contribution in [0.15, 0.2) is 62.9 Å². The van der Waals surface area contributed by atoms with E-state index in [-0.39, 0.29) is 5.91 Å². The predicted molar refractivity (Wildman–Crippen MR) is 154 cm³/mol. The highest BCUT2D eigenvalue weighted by Gasteiger charge is 2.24. The summed E-state index contributed by atoms with van der Waals surface area (Å²) >= 11 is 20.0. The van der Waals surface area contributed by atoms with Crippen molar-refractivity contribution in [3.63, 3.8) is 0 Å².